The van der Waals surface area contributed by atoms with Gasteiger partial charge in [-0.15, -0.1) is 10.2 Å². The third-order valence-corrected chi connectivity index (χ3v) is 6.13. The molecule has 2 heterocycles. The molecule has 0 unspecified atom stereocenters. The second-order valence-corrected chi connectivity index (χ2v) is 8.36. The van der Waals surface area contributed by atoms with E-state index in [1.54, 1.807) is 7.11 Å². The molecule has 4 rings (SSSR count). The number of fused-ring (bicyclic) bond motifs is 1. The van der Waals surface area contributed by atoms with Gasteiger partial charge in [0.1, 0.15) is 5.75 Å². The molecule has 150 valence electrons. The van der Waals surface area contributed by atoms with Crippen LogP contribution >= 0.6 is 11.8 Å². The summed E-state index contributed by atoms with van der Waals surface area (Å²) >= 11 is 1.31. The second kappa shape index (κ2) is 7.79. The number of aromatic nitrogens is 3. The number of carbonyl (C=O) groups excluding carboxylic acids is 1. The summed E-state index contributed by atoms with van der Waals surface area (Å²) in [4.78, 5) is 15.1. The molecule has 1 aliphatic rings. The molecule has 1 aliphatic heterocycles. The van der Waals surface area contributed by atoms with Gasteiger partial charge in [-0.3, -0.25) is 4.79 Å². The molecular formula is C21H23N5O2S. The third kappa shape index (κ3) is 3.55. The zero-order valence-corrected chi connectivity index (χ0v) is 17.4. The third-order valence-electron chi connectivity index (χ3n) is 5.09. The van der Waals surface area contributed by atoms with Gasteiger partial charge in [-0.1, -0.05) is 30.0 Å². The minimum absolute atomic E-state index is 0.0430. The molecule has 0 radical (unpaired) electrons. The van der Waals surface area contributed by atoms with Crippen molar-refractivity contribution < 1.29 is 9.53 Å². The number of thioether (sulfide) groups is 1. The first-order valence-corrected chi connectivity index (χ1v) is 10.3. The number of hydrogen-bond donors (Lipinski definition) is 1. The number of rotatable bonds is 5. The number of nitrogen functional groups attached to an aromatic ring is 1. The van der Waals surface area contributed by atoms with Gasteiger partial charge in [0, 0.05) is 17.3 Å². The smallest absolute Gasteiger partial charge is 0.240 e. The van der Waals surface area contributed by atoms with Gasteiger partial charge < -0.3 is 15.5 Å². The topological polar surface area (TPSA) is 86.3 Å². The molecule has 7 nitrogen and oxygen atoms in total. The van der Waals surface area contributed by atoms with Crippen molar-refractivity contribution in [1.29, 1.82) is 0 Å². The van der Waals surface area contributed by atoms with Crippen LogP contribution in [0, 0.1) is 0 Å². The number of para-hydroxylation sites is 1. The highest BCUT2D eigenvalue weighted by atomic mass is 32.2. The second-order valence-electron chi connectivity index (χ2n) is 7.05. The SMILES string of the molecule is COc1ccc(-c2nnc(S[C@H](C)C(=O)N3c4ccccc4C[C@@H]3C)n2N)cc1. The van der Waals surface area contributed by atoms with E-state index in [0.717, 1.165) is 23.4 Å². The van der Waals surface area contributed by atoms with Gasteiger partial charge >= 0.3 is 0 Å². The zero-order chi connectivity index (χ0) is 20.5. The Labute approximate surface area is 173 Å². The van der Waals surface area contributed by atoms with E-state index >= 15 is 0 Å². The number of hydrogen-bond acceptors (Lipinski definition) is 6. The van der Waals surface area contributed by atoms with Crippen LogP contribution in [-0.4, -0.2) is 39.2 Å². The van der Waals surface area contributed by atoms with Crippen LogP contribution in [0.2, 0.25) is 0 Å². The highest BCUT2D eigenvalue weighted by Gasteiger charge is 2.34. The van der Waals surface area contributed by atoms with Crippen molar-refractivity contribution in [2.45, 2.75) is 36.7 Å². The van der Waals surface area contributed by atoms with E-state index in [1.807, 2.05) is 54.3 Å². The number of ether oxygens (including phenoxy) is 1. The molecule has 2 N–H and O–H groups in total. The lowest BCUT2D eigenvalue weighted by molar-refractivity contribution is -0.118. The summed E-state index contributed by atoms with van der Waals surface area (Å²) in [7, 11) is 1.62. The summed E-state index contributed by atoms with van der Waals surface area (Å²) in [6.07, 6.45) is 0.869. The molecule has 2 aromatic carbocycles. The molecule has 1 aromatic heterocycles. The Kier molecular flexibility index (Phi) is 5.19. The van der Waals surface area contributed by atoms with E-state index in [0.29, 0.717) is 11.0 Å². The summed E-state index contributed by atoms with van der Waals surface area (Å²) < 4.78 is 6.61. The number of amides is 1. The van der Waals surface area contributed by atoms with Gasteiger partial charge in [0.25, 0.3) is 0 Å². The average molecular weight is 410 g/mol. The number of benzene rings is 2. The molecule has 0 saturated carbocycles. The number of methoxy groups -OCH3 is 1. The van der Waals surface area contributed by atoms with E-state index in [4.69, 9.17) is 10.6 Å². The summed E-state index contributed by atoms with van der Waals surface area (Å²) in [6, 6.07) is 15.6. The van der Waals surface area contributed by atoms with Crippen molar-refractivity contribution >= 4 is 23.4 Å². The molecule has 0 spiro atoms. The van der Waals surface area contributed by atoms with Gasteiger partial charge in [0.15, 0.2) is 5.82 Å². The Morgan fingerprint density at radius 3 is 2.66 bits per heavy atom. The number of carbonyl (C=O) groups is 1. The summed E-state index contributed by atoms with van der Waals surface area (Å²) in [5, 5.41) is 8.55. The first-order chi connectivity index (χ1) is 14.0. The van der Waals surface area contributed by atoms with E-state index in [2.05, 4.69) is 23.2 Å². The predicted octanol–water partition coefficient (Wildman–Crippen LogP) is 3.13. The van der Waals surface area contributed by atoms with E-state index in [1.165, 1.54) is 22.0 Å². The maximum atomic E-state index is 13.2. The van der Waals surface area contributed by atoms with Crippen LogP contribution < -0.4 is 15.5 Å². The van der Waals surface area contributed by atoms with Crippen LogP contribution in [0.15, 0.2) is 53.7 Å². The number of nitrogens with two attached hydrogens (primary N) is 1. The van der Waals surface area contributed by atoms with Gasteiger partial charge in [0.2, 0.25) is 11.1 Å². The Hall–Kier alpha value is -3.00. The Morgan fingerprint density at radius 2 is 1.93 bits per heavy atom. The highest BCUT2D eigenvalue weighted by molar-refractivity contribution is 8.00. The molecule has 3 aromatic rings. The molecule has 0 bridgehead atoms. The molecule has 0 saturated heterocycles. The highest BCUT2D eigenvalue weighted by Crippen LogP contribution is 2.34. The van der Waals surface area contributed by atoms with Gasteiger partial charge in [-0.2, -0.15) is 0 Å². The normalized spacial score (nSPS) is 16.5. The van der Waals surface area contributed by atoms with E-state index in [-0.39, 0.29) is 17.2 Å². The van der Waals surface area contributed by atoms with Crippen LogP contribution in [-0.2, 0) is 11.2 Å². The standard InChI is InChI=1S/C21H23N5O2S/c1-13-12-16-6-4-5-7-18(16)25(13)20(27)14(2)29-21-24-23-19(26(21)22)15-8-10-17(28-3)11-9-15/h4-11,13-14H,12,22H2,1-3H3/t13-,14+/m0/s1. The van der Waals surface area contributed by atoms with Crippen molar-refractivity contribution in [3.63, 3.8) is 0 Å². The summed E-state index contributed by atoms with van der Waals surface area (Å²) in [5.41, 5.74) is 3.02. The lowest BCUT2D eigenvalue weighted by Crippen LogP contribution is -2.40. The Balaban J connectivity index is 1.52. The first kappa shape index (κ1) is 19.3. The van der Waals surface area contributed by atoms with Crippen LogP contribution in [0.1, 0.15) is 19.4 Å². The molecule has 0 aliphatic carbocycles. The molecule has 0 fully saturated rings. The maximum absolute atomic E-state index is 13.2. The molecule has 8 heteroatoms. The van der Waals surface area contributed by atoms with Crippen LogP contribution in [0.5, 0.6) is 5.75 Å². The molecule has 1 amide bonds. The van der Waals surface area contributed by atoms with Gasteiger partial charge in [-0.05, 0) is 56.2 Å². The quantitative estimate of drug-likeness (QED) is 0.515. The maximum Gasteiger partial charge on any atom is 0.240 e. The number of anilines is 1. The molecule has 2 atom stereocenters. The van der Waals surface area contributed by atoms with E-state index in [9.17, 15) is 4.79 Å². The minimum atomic E-state index is -0.348. The lowest BCUT2D eigenvalue weighted by atomic mass is 10.1. The summed E-state index contributed by atoms with van der Waals surface area (Å²) in [5.74, 6) is 7.56. The van der Waals surface area contributed by atoms with Crippen LogP contribution in [0.4, 0.5) is 5.69 Å². The minimum Gasteiger partial charge on any atom is -0.497 e. The first-order valence-electron chi connectivity index (χ1n) is 9.42. The lowest BCUT2D eigenvalue weighted by Gasteiger charge is -2.25. The molecule has 29 heavy (non-hydrogen) atoms. The molecular weight excluding hydrogens is 386 g/mol. The van der Waals surface area contributed by atoms with E-state index < -0.39 is 0 Å². The van der Waals surface area contributed by atoms with Crippen molar-refractivity contribution in [2.24, 2.45) is 0 Å². The monoisotopic (exact) mass is 409 g/mol. The predicted molar refractivity (Wildman–Crippen MR) is 115 cm³/mol. The van der Waals surface area contributed by atoms with Crippen molar-refractivity contribution in [2.75, 3.05) is 17.9 Å². The van der Waals surface area contributed by atoms with Gasteiger partial charge in [0.05, 0.1) is 12.4 Å². The Bertz CT molecular complexity index is 1030. The fourth-order valence-electron chi connectivity index (χ4n) is 3.60. The summed E-state index contributed by atoms with van der Waals surface area (Å²) in [6.45, 7) is 3.95. The van der Waals surface area contributed by atoms with Crippen LogP contribution in [0.25, 0.3) is 11.4 Å². The number of nitrogens with zero attached hydrogens (tertiary/aromatic N) is 4. The Morgan fingerprint density at radius 1 is 1.21 bits per heavy atom. The van der Waals surface area contributed by atoms with Crippen molar-refractivity contribution in [3.8, 4) is 17.1 Å². The zero-order valence-electron chi connectivity index (χ0n) is 16.6. The fourth-order valence-corrected chi connectivity index (χ4v) is 4.42. The van der Waals surface area contributed by atoms with Crippen molar-refractivity contribution in [1.82, 2.24) is 14.9 Å². The van der Waals surface area contributed by atoms with Gasteiger partial charge in [-0.25, -0.2) is 4.68 Å². The fraction of sp³-hybridized carbons (Fsp3) is 0.286. The average Bonchev–Trinajstić information content (AvgIpc) is 3.26. The van der Waals surface area contributed by atoms with Crippen LogP contribution in [0.3, 0.4) is 0 Å². The largest absolute Gasteiger partial charge is 0.497 e. The van der Waals surface area contributed by atoms with Crippen molar-refractivity contribution in [3.05, 3.63) is 54.1 Å².